The lowest BCUT2D eigenvalue weighted by molar-refractivity contribution is -0.141. The molecular formula is C14H20BrNO3. The predicted octanol–water partition coefficient (Wildman–Crippen LogP) is 2.67. The summed E-state index contributed by atoms with van der Waals surface area (Å²) in [4.78, 5) is 11.0. The second-order valence-corrected chi connectivity index (χ2v) is 5.15. The smallest absolute Gasteiger partial charge is 0.308 e. The molecule has 0 saturated heterocycles. The number of ether oxygens (including phenoxy) is 2. The van der Waals surface area contributed by atoms with Gasteiger partial charge in [-0.1, -0.05) is 22.9 Å². The third kappa shape index (κ3) is 5.61. The Hall–Kier alpha value is -1.07. The number of nitrogens with two attached hydrogens (primary N) is 1. The molecule has 2 N–H and O–H groups in total. The molecule has 0 spiro atoms. The van der Waals surface area contributed by atoms with Crippen molar-refractivity contribution in [2.24, 2.45) is 5.73 Å². The first-order valence-corrected chi connectivity index (χ1v) is 7.09. The maximum absolute atomic E-state index is 11.0. The molecule has 0 bridgehead atoms. The van der Waals surface area contributed by atoms with Crippen LogP contribution in [0, 0.1) is 0 Å². The molecule has 5 heteroatoms. The molecule has 0 fully saturated rings. The Morgan fingerprint density at radius 3 is 2.84 bits per heavy atom. The minimum Gasteiger partial charge on any atom is -0.493 e. The summed E-state index contributed by atoms with van der Waals surface area (Å²) in [5.41, 5.74) is 7.07. The molecule has 0 radical (unpaired) electrons. The summed E-state index contributed by atoms with van der Waals surface area (Å²) in [6, 6.07) is 5.89. The largest absolute Gasteiger partial charge is 0.493 e. The summed E-state index contributed by atoms with van der Waals surface area (Å²) in [5, 5.41) is 0. The molecule has 106 valence electrons. The van der Waals surface area contributed by atoms with Gasteiger partial charge in [0.1, 0.15) is 5.75 Å². The topological polar surface area (TPSA) is 61.5 Å². The van der Waals surface area contributed by atoms with E-state index in [2.05, 4.69) is 27.6 Å². The van der Waals surface area contributed by atoms with Crippen molar-refractivity contribution in [2.75, 3.05) is 13.7 Å². The van der Waals surface area contributed by atoms with Gasteiger partial charge in [0.15, 0.2) is 0 Å². The quantitative estimate of drug-likeness (QED) is 0.781. The van der Waals surface area contributed by atoms with Crippen molar-refractivity contribution in [1.29, 1.82) is 0 Å². The summed E-state index contributed by atoms with van der Waals surface area (Å²) in [7, 11) is 1.37. The van der Waals surface area contributed by atoms with E-state index in [0.717, 1.165) is 28.6 Å². The number of hydrogen-bond acceptors (Lipinski definition) is 4. The monoisotopic (exact) mass is 329 g/mol. The van der Waals surface area contributed by atoms with Gasteiger partial charge in [-0.3, -0.25) is 4.79 Å². The van der Waals surface area contributed by atoms with Crippen molar-refractivity contribution in [3.8, 4) is 5.75 Å². The summed E-state index contributed by atoms with van der Waals surface area (Å²) in [5.74, 6) is 0.468. The molecule has 0 aliphatic heterocycles. The van der Waals surface area contributed by atoms with Crippen LogP contribution < -0.4 is 10.5 Å². The Morgan fingerprint density at radius 2 is 2.21 bits per heavy atom. The van der Waals surface area contributed by atoms with Crippen molar-refractivity contribution in [1.82, 2.24) is 0 Å². The Labute approximate surface area is 122 Å². The molecule has 0 aromatic heterocycles. The van der Waals surface area contributed by atoms with Crippen LogP contribution in [0.1, 0.15) is 25.3 Å². The number of hydrogen-bond donors (Lipinski definition) is 1. The number of carbonyl (C=O) groups is 1. The first-order chi connectivity index (χ1) is 9.06. The first kappa shape index (κ1) is 16.0. The molecule has 19 heavy (non-hydrogen) atoms. The van der Waals surface area contributed by atoms with Crippen LogP contribution in [-0.2, 0) is 16.0 Å². The Kier molecular flexibility index (Phi) is 6.87. The zero-order valence-electron chi connectivity index (χ0n) is 11.3. The van der Waals surface area contributed by atoms with Gasteiger partial charge in [-0.25, -0.2) is 0 Å². The van der Waals surface area contributed by atoms with Crippen LogP contribution in [-0.4, -0.2) is 25.7 Å². The molecule has 4 nitrogen and oxygen atoms in total. The van der Waals surface area contributed by atoms with Gasteiger partial charge < -0.3 is 15.2 Å². The zero-order chi connectivity index (χ0) is 14.3. The third-order valence-electron chi connectivity index (χ3n) is 2.83. The van der Waals surface area contributed by atoms with Gasteiger partial charge in [-0.2, -0.15) is 0 Å². The van der Waals surface area contributed by atoms with Gasteiger partial charge in [-0.05, 0) is 36.6 Å². The van der Waals surface area contributed by atoms with E-state index in [0.29, 0.717) is 6.61 Å². The minimum absolute atomic E-state index is 0.140. The van der Waals surface area contributed by atoms with Gasteiger partial charge in [0.05, 0.1) is 20.1 Å². The highest BCUT2D eigenvalue weighted by atomic mass is 79.9. The lowest BCUT2D eigenvalue weighted by Crippen LogP contribution is -2.21. The van der Waals surface area contributed by atoms with Crippen LogP contribution in [0.25, 0.3) is 0 Å². The first-order valence-electron chi connectivity index (χ1n) is 6.30. The van der Waals surface area contributed by atoms with Crippen LogP contribution in [0.5, 0.6) is 5.75 Å². The van der Waals surface area contributed by atoms with Gasteiger partial charge >= 0.3 is 5.97 Å². The minimum atomic E-state index is -0.273. The van der Waals surface area contributed by atoms with Gasteiger partial charge in [-0.15, -0.1) is 0 Å². The Morgan fingerprint density at radius 1 is 1.47 bits per heavy atom. The SMILES string of the molecule is CCC(N)Cc1cc(OCCC(=O)OC)ccc1Br. The van der Waals surface area contributed by atoms with E-state index < -0.39 is 0 Å². The van der Waals surface area contributed by atoms with Gasteiger partial charge in [0.25, 0.3) is 0 Å². The lowest BCUT2D eigenvalue weighted by Gasteiger charge is -2.12. The molecule has 1 rings (SSSR count). The number of esters is 1. The second-order valence-electron chi connectivity index (χ2n) is 4.30. The van der Waals surface area contributed by atoms with Crippen molar-refractivity contribution in [2.45, 2.75) is 32.2 Å². The predicted molar refractivity (Wildman–Crippen MR) is 78.2 cm³/mol. The summed E-state index contributed by atoms with van der Waals surface area (Å²) >= 11 is 3.51. The fourth-order valence-electron chi connectivity index (χ4n) is 1.58. The average Bonchev–Trinajstić information content (AvgIpc) is 2.41. The zero-order valence-corrected chi connectivity index (χ0v) is 12.9. The van der Waals surface area contributed by atoms with Crippen LogP contribution >= 0.6 is 15.9 Å². The fourth-order valence-corrected chi connectivity index (χ4v) is 1.99. The van der Waals surface area contributed by atoms with Crippen LogP contribution in [0.15, 0.2) is 22.7 Å². The van der Waals surface area contributed by atoms with E-state index >= 15 is 0 Å². The summed E-state index contributed by atoms with van der Waals surface area (Å²) in [6.07, 6.45) is 1.97. The van der Waals surface area contributed by atoms with Crippen molar-refractivity contribution in [3.63, 3.8) is 0 Å². The van der Waals surface area contributed by atoms with Crippen molar-refractivity contribution < 1.29 is 14.3 Å². The van der Waals surface area contributed by atoms with E-state index in [9.17, 15) is 4.79 Å². The number of rotatable bonds is 7. The molecule has 0 aliphatic rings. The van der Waals surface area contributed by atoms with Crippen LogP contribution in [0.3, 0.4) is 0 Å². The number of carbonyl (C=O) groups excluding carboxylic acids is 1. The van der Waals surface area contributed by atoms with Crippen molar-refractivity contribution in [3.05, 3.63) is 28.2 Å². The average molecular weight is 330 g/mol. The molecule has 1 aromatic carbocycles. The molecule has 0 heterocycles. The van der Waals surface area contributed by atoms with E-state index in [1.165, 1.54) is 7.11 Å². The highest BCUT2D eigenvalue weighted by Gasteiger charge is 2.08. The van der Waals surface area contributed by atoms with Gasteiger partial charge in [0.2, 0.25) is 0 Å². The van der Waals surface area contributed by atoms with E-state index in [1.807, 2.05) is 18.2 Å². The molecule has 0 saturated carbocycles. The number of methoxy groups -OCH3 is 1. The molecule has 1 atom stereocenters. The van der Waals surface area contributed by atoms with E-state index in [1.54, 1.807) is 0 Å². The van der Waals surface area contributed by atoms with Crippen LogP contribution in [0.4, 0.5) is 0 Å². The maximum atomic E-state index is 11.0. The third-order valence-corrected chi connectivity index (χ3v) is 3.60. The Bertz CT molecular complexity index is 423. The number of benzene rings is 1. The van der Waals surface area contributed by atoms with E-state index in [-0.39, 0.29) is 18.4 Å². The van der Waals surface area contributed by atoms with Crippen molar-refractivity contribution >= 4 is 21.9 Å². The Balaban J connectivity index is 2.60. The molecule has 0 amide bonds. The normalized spacial score (nSPS) is 12.0. The standard InChI is InChI=1S/C14H20BrNO3/c1-3-11(16)8-10-9-12(4-5-13(10)15)19-7-6-14(17)18-2/h4-5,9,11H,3,6-8,16H2,1-2H3. The fraction of sp³-hybridized carbons (Fsp3) is 0.500. The molecule has 1 aromatic rings. The molecule has 1 unspecified atom stereocenters. The van der Waals surface area contributed by atoms with E-state index in [4.69, 9.17) is 10.5 Å². The summed E-state index contributed by atoms with van der Waals surface area (Å²) in [6.45, 7) is 2.38. The molecule has 0 aliphatic carbocycles. The van der Waals surface area contributed by atoms with Crippen LogP contribution in [0.2, 0.25) is 0 Å². The summed E-state index contributed by atoms with van der Waals surface area (Å²) < 4.78 is 11.1. The maximum Gasteiger partial charge on any atom is 0.308 e. The number of halogens is 1. The second kappa shape index (κ2) is 8.17. The molecular weight excluding hydrogens is 310 g/mol. The highest BCUT2D eigenvalue weighted by Crippen LogP contribution is 2.24. The highest BCUT2D eigenvalue weighted by molar-refractivity contribution is 9.10. The lowest BCUT2D eigenvalue weighted by atomic mass is 10.0. The van der Waals surface area contributed by atoms with Gasteiger partial charge in [0, 0.05) is 10.5 Å².